The molecule has 4 nitrogen and oxygen atoms in total. The molecule has 0 saturated carbocycles. The number of hydrogen-bond donors (Lipinski definition) is 0. The van der Waals surface area contributed by atoms with Gasteiger partial charge in [-0.2, -0.15) is 0 Å². The number of nitro benzene ring substituents is 1. The average Bonchev–Trinajstić information content (AvgIpc) is 2.39. The van der Waals surface area contributed by atoms with E-state index < -0.39 is 4.92 Å². The number of nitrogens with zero attached hydrogens (tertiary/aromatic N) is 2. The minimum atomic E-state index is -0.406. The van der Waals surface area contributed by atoms with E-state index in [1.165, 1.54) is 12.1 Å². The largest absolute Gasteiger partial charge is 0.269 e. The molecule has 2 aromatic carbocycles. The molecule has 0 aromatic heterocycles. The van der Waals surface area contributed by atoms with Crippen LogP contribution in [-0.2, 0) is 0 Å². The molecule has 96 valence electrons. The first-order valence-electron chi connectivity index (χ1n) is 5.93. The second-order valence-corrected chi connectivity index (χ2v) is 4.34. The summed E-state index contributed by atoms with van der Waals surface area (Å²) in [5, 5.41) is 10.6. The standard InChI is InChI=1S/C15H14N2O2/c1-11-4-3-5-14(10-11)16-12(2)13-6-8-15(9-7-13)17(18)19/h3-10H,1-2H3. The van der Waals surface area contributed by atoms with Crippen LogP contribution in [0.4, 0.5) is 11.4 Å². The third-order valence-electron chi connectivity index (χ3n) is 2.79. The Bertz CT molecular complexity index is 631. The molecule has 0 heterocycles. The van der Waals surface area contributed by atoms with Crippen molar-refractivity contribution in [2.24, 2.45) is 4.99 Å². The Morgan fingerprint density at radius 2 is 1.84 bits per heavy atom. The first-order valence-corrected chi connectivity index (χ1v) is 5.93. The quantitative estimate of drug-likeness (QED) is 0.471. The summed E-state index contributed by atoms with van der Waals surface area (Å²) in [6, 6.07) is 14.3. The molecule has 0 fully saturated rings. The monoisotopic (exact) mass is 254 g/mol. The van der Waals surface area contributed by atoms with Crippen molar-refractivity contribution in [3.63, 3.8) is 0 Å². The molecule has 4 heteroatoms. The minimum Gasteiger partial charge on any atom is -0.258 e. The molecule has 0 atom stereocenters. The number of rotatable bonds is 3. The maximum atomic E-state index is 10.6. The van der Waals surface area contributed by atoms with Crippen LogP contribution in [0.3, 0.4) is 0 Å². The predicted octanol–water partition coefficient (Wildman–Crippen LogP) is 4.04. The van der Waals surface area contributed by atoms with Crippen LogP contribution >= 0.6 is 0 Å². The van der Waals surface area contributed by atoms with Gasteiger partial charge in [0.2, 0.25) is 0 Å². The normalized spacial score (nSPS) is 11.4. The van der Waals surface area contributed by atoms with Crippen LogP contribution < -0.4 is 0 Å². The smallest absolute Gasteiger partial charge is 0.258 e. The van der Waals surface area contributed by atoms with Crippen molar-refractivity contribution >= 4 is 17.1 Å². The fourth-order valence-corrected chi connectivity index (χ4v) is 1.78. The molecule has 2 rings (SSSR count). The van der Waals surface area contributed by atoms with Crippen molar-refractivity contribution in [2.75, 3.05) is 0 Å². The number of hydrogen-bond acceptors (Lipinski definition) is 3. The number of aryl methyl sites for hydroxylation is 1. The van der Waals surface area contributed by atoms with Crippen molar-refractivity contribution in [1.82, 2.24) is 0 Å². The van der Waals surface area contributed by atoms with Crippen molar-refractivity contribution in [1.29, 1.82) is 0 Å². The Kier molecular flexibility index (Phi) is 3.71. The van der Waals surface area contributed by atoms with Crippen molar-refractivity contribution in [3.8, 4) is 0 Å². The van der Waals surface area contributed by atoms with Gasteiger partial charge in [0.25, 0.3) is 5.69 Å². The Morgan fingerprint density at radius 3 is 2.42 bits per heavy atom. The number of aliphatic imine (C=N–C) groups is 1. The Balaban J connectivity index is 2.28. The molecule has 0 amide bonds. The molecule has 0 saturated heterocycles. The van der Waals surface area contributed by atoms with Crippen LogP contribution in [0, 0.1) is 17.0 Å². The fourth-order valence-electron chi connectivity index (χ4n) is 1.78. The van der Waals surface area contributed by atoms with Gasteiger partial charge in [0, 0.05) is 17.8 Å². The number of benzene rings is 2. The zero-order valence-corrected chi connectivity index (χ0v) is 10.8. The van der Waals surface area contributed by atoms with Crippen LogP contribution in [0.2, 0.25) is 0 Å². The number of non-ortho nitro benzene ring substituents is 1. The molecule has 0 unspecified atom stereocenters. The second-order valence-electron chi connectivity index (χ2n) is 4.34. The van der Waals surface area contributed by atoms with E-state index in [0.29, 0.717) is 0 Å². The van der Waals surface area contributed by atoms with Gasteiger partial charge in [-0.15, -0.1) is 0 Å². The summed E-state index contributed by atoms with van der Waals surface area (Å²) in [5.41, 5.74) is 3.84. The molecule has 0 aliphatic rings. The van der Waals surface area contributed by atoms with Gasteiger partial charge in [-0.05, 0) is 49.2 Å². The van der Waals surface area contributed by atoms with Crippen molar-refractivity contribution in [3.05, 3.63) is 69.8 Å². The summed E-state index contributed by atoms with van der Waals surface area (Å²) in [6.07, 6.45) is 0. The van der Waals surface area contributed by atoms with Gasteiger partial charge in [0.1, 0.15) is 0 Å². The Hall–Kier alpha value is -2.49. The lowest BCUT2D eigenvalue weighted by atomic mass is 10.1. The van der Waals surface area contributed by atoms with Crippen LogP contribution in [0.1, 0.15) is 18.1 Å². The molecule has 0 bridgehead atoms. The number of nitro groups is 1. The van der Waals surface area contributed by atoms with E-state index in [4.69, 9.17) is 0 Å². The second kappa shape index (κ2) is 5.44. The average molecular weight is 254 g/mol. The van der Waals surface area contributed by atoms with Crippen LogP contribution in [0.15, 0.2) is 53.5 Å². The highest BCUT2D eigenvalue weighted by molar-refractivity contribution is 6.00. The third kappa shape index (κ3) is 3.25. The van der Waals surface area contributed by atoms with E-state index in [-0.39, 0.29) is 5.69 Å². The maximum absolute atomic E-state index is 10.6. The minimum absolute atomic E-state index is 0.0899. The van der Waals surface area contributed by atoms with Crippen LogP contribution in [0.25, 0.3) is 0 Å². The van der Waals surface area contributed by atoms with E-state index in [9.17, 15) is 10.1 Å². The molecule has 0 N–H and O–H groups in total. The summed E-state index contributed by atoms with van der Waals surface area (Å²) >= 11 is 0. The molecule has 0 aliphatic heterocycles. The van der Waals surface area contributed by atoms with Gasteiger partial charge in [0.15, 0.2) is 0 Å². The molecular formula is C15H14N2O2. The van der Waals surface area contributed by atoms with Crippen molar-refractivity contribution in [2.45, 2.75) is 13.8 Å². The Morgan fingerprint density at radius 1 is 1.16 bits per heavy atom. The first kappa shape index (κ1) is 13.0. The van der Waals surface area contributed by atoms with E-state index in [0.717, 1.165) is 22.5 Å². The summed E-state index contributed by atoms with van der Waals surface area (Å²) in [7, 11) is 0. The van der Waals surface area contributed by atoms with Crippen molar-refractivity contribution < 1.29 is 4.92 Å². The summed E-state index contributed by atoms with van der Waals surface area (Å²) in [5.74, 6) is 0. The molecule has 0 aliphatic carbocycles. The van der Waals surface area contributed by atoms with E-state index >= 15 is 0 Å². The predicted molar refractivity (Wildman–Crippen MR) is 76.1 cm³/mol. The fraction of sp³-hybridized carbons (Fsp3) is 0.133. The van der Waals surface area contributed by atoms with E-state index in [1.807, 2.05) is 38.1 Å². The highest BCUT2D eigenvalue weighted by Gasteiger charge is 2.05. The lowest BCUT2D eigenvalue weighted by Gasteiger charge is -2.02. The first-order chi connectivity index (χ1) is 9.06. The van der Waals surface area contributed by atoms with Gasteiger partial charge < -0.3 is 0 Å². The summed E-state index contributed by atoms with van der Waals surface area (Å²) in [4.78, 5) is 14.7. The molecule has 0 spiro atoms. The highest BCUT2D eigenvalue weighted by atomic mass is 16.6. The molecule has 19 heavy (non-hydrogen) atoms. The van der Waals surface area contributed by atoms with E-state index in [2.05, 4.69) is 4.99 Å². The lowest BCUT2D eigenvalue weighted by Crippen LogP contribution is -1.95. The molecule has 2 aromatic rings. The zero-order valence-electron chi connectivity index (χ0n) is 10.8. The summed E-state index contributed by atoms with van der Waals surface area (Å²) < 4.78 is 0. The third-order valence-corrected chi connectivity index (χ3v) is 2.79. The van der Waals surface area contributed by atoms with Crippen LogP contribution in [-0.4, -0.2) is 10.6 Å². The van der Waals surface area contributed by atoms with Gasteiger partial charge in [0.05, 0.1) is 10.6 Å². The van der Waals surface area contributed by atoms with Gasteiger partial charge in [-0.25, -0.2) is 0 Å². The SMILES string of the molecule is CC(=Nc1cccc(C)c1)c1ccc([N+](=O)[O-])cc1. The molecule has 0 radical (unpaired) electrons. The molecular weight excluding hydrogens is 240 g/mol. The van der Waals surface area contributed by atoms with Gasteiger partial charge in [-0.1, -0.05) is 12.1 Å². The van der Waals surface area contributed by atoms with Gasteiger partial charge in [-0.3, -0.25) is 15.1 Å². The zero-order chi connectivity index (χ0) is 13.8. The summed E-state index contributed by atoms with van der Waals surface area (Å²) in [6.45, 7) is 3.91. The maximum Gasteiger partial charge on any atom is 0.269 e. The van der Waals surface area contributed by atoms with E-state index in [1.54, 1.807) is 12.1 Å². The lowest BCUT2D eigenvalue weighted by molar-refractivity contribution is -0.384. The Labute approximate surface area is 111 Å². The highest BCUT2D eigenvalue weighted by Crippen LogP contribution is 2.17. The van der Waals surface area contributed by atoms with Gasteiger partial charge >= 0.3 is 0 Å². The van der Waals surface area contributed by atoms with Crippen LogP contribution in [0.5, 0.6) is 0 Å². The topological polar surface area (TPSA) is 55.5 Å².